The zero-order chi connectivity index (χ0) is 17.7. The smallest absolute Gasteiger partial charge is 0.271 e. The van der Waals surface area contributed by atoms with Crippen LogP contribution < -0.4 is 15.4 Å². The van der Waals surface area contributed by atoms with Gasteiger partial charge in [-0.25, -0.2) is 0 Å². The largest absolute Gasteiger partial charge is 0.496 e. The maximum atomic E-state index is 12.2. The summed E-state index contributed by atoms with van der Waals surface area (Å²) < 4.78 is 5.93. The van der Waals surface area contributed by atoms with E-state index in [4.69, 9.17) is 17.0 Å². The van der Waals surface area contributed by atoms with Crippen molar-refractivity contribution in [3.05, 3.63) is 61.7 Å². The molecule has 0 heterocycles. The van der Waals surface area contributed by atoms with Crippen LogP contribution in [0.2, 0.25) is 0 Å². The van der Waals surface area contributed by atoms with Crippen LogP contribution in [0.15, 0.2) is 42.5 Å². The van der Waals surface area contributed by atoms with E-state index in [-0.39, 0.29) is 10.8 Å². The van der Waals surface area contributed by atoms with Crippen molar-refractivity contribution in [3.63, 3.8) is 0 Å². The van der Waals surface area contributed by atoms with Gasteiger partial charge in [0.1, 0.15) is 5.75 Å². The van der Waals surface area contributed by atoms with Crippen molar-refractivity contribution >= 4 is 57.2 Å². The average molecular weight is 457 g/mol. The maximum absolute atomic E-state index is 12.2. The van der Waals surface area contributed by atoms with Crippen LogP contribution >= 0.6 is 34.8 Å². The number of hydrogen-bond donors (Lipinski definition) is 2. The summed E-state index contributed by atoms with van der Waals surface area (Å²) in [6.45, 7) is 0. The number of non-ortho nitro benzene ring substituents is 1. The van der Waals surface area contributed by atoms with Crippen LogP contribution in [0.25, 0.3) is 0 Å². The number of amides is 1. The summed E-state index contributed by atoms with van der Waals surface area (Å²) in [6.07, 6.45) is 0. The number of methoxy groups -OCH3 is 1. The molecule has 0 atom stereocenters. The van der Waals surface area contributed by atoms with E-state index in [1.165, 1.54) is 18.2 Å². The quantitative estimate of drug-likeness (QED) is 0.317. The van der Waals surface area contributed by atoms with Crippen molar-refractivity contribution < 1.29 is 14.5 Å². The molecule has 0 radical (unpaired) electrons. The second-order valence-electron chi connectivity index (χ2n) is 4.57. The first-order valence-corrected chi connectivity index (χ1v) is 8.09. The lowest BCUT2D eigenvalue weighted by Crippen LogP contribution is -2.34. The van der Waals surface area contributed by atoms with E-state index in [2.05, 4.69) is 33.2 Å². The fraction of sp³-hybridized carbons (Fsp3) is 0.0667. The van der Waals surface area contributed by atoms with E-state index in [0.29, 0.717) is 17.0 Å². The van der Waals surface area contributed by atoms with Gasteiger partial charge in [0, 0.05) is 23.4 Å². The second-order valence-corrected chi connectivity index (χ2v) is 6.14. The Labute approximate surface area is 156 Å². The van der Waals surface area contributed by atoms with E-state index >= 15 is 0 Å². The number of nitrogens with one attached hydrogen (secondary N) is 2. The van der Waals surface area contributed by atoms with Gasteiger partial charge < -0.3 is 10.1 Å². The Kier molecular flexibility index (Phi) is 6.04. The molecule has 7 nitrogen and oxygen atoms in total. The fourth-order valence-corrected chi connectivity index (χ4v) is 2.79. The van der Waals surface area contributed by atoms with Crippen LogP contribution in [-0.2, 0) is 0 Å². The fourth-order valence-electron chi connectivity index (χ4n) is 1.84. The van der Waals surface area contributed by atoms with Crippen molar-refractivity contribution in [2.75, 3.05) is 12.4 Å². The summed E-state index contributed by atoms with van der Waals surface area (Å²) in [6, 6.07) is 10.8. The monoisotopic (exact) mass is 457 g/mol. The van der Waals surface area contributed by atoms with Gasteiger partial charge in [-0.15, -0.1) is 0 Å². The van der Waals surface area contributed by atoms with Crippen molar-refractivity contribution in [2.45, 2.75) is 0 Å². The number of nitro benzene ring substituents is 1. The van der Waals surface area contributed by atoms with Gasteiger partial charge >= 0.3 is 0 Å². The zero-order valence-corrected chi connectivity index (χ0v) is 15.4. The Morgan fingerprint density at radius 1 is 1.29 bits per heavy atom. The summed E-state index contributed by atoms with van der Waals surface area (Å²) >= 11 is 7.13. The van der Waals surface area contributed by atoms with Gasteiger partial charge in [-0.05, 0) is 59.1 Å². The Bertz CT molecular complexity index is 813. The third kappa shape index (κ3) is 4.61. The number of carbonyl (C=O) groups is 1. The van der Waals surface area contributed by atoms with Crippen LogP contribution in [-0.4, -0.2) is 23.1 Å². The highest BCUT2D eigenvalue weighted by atomic mass is 127. The van der Waals surface area contributed by atoms with E-state index in [1.807, 2.05) is 0 Å². The van der Waals surface area contributed by atoms with E-state index in [1.54, 1.807) is 31.4 Å². The van der Waals surface area contributed by atoms with Crippen LogP contribution in [0.1, 0.15) is 10.4 Å². The highest BCUT2D eigenvalue weighted by Gasteiger charge is 2.11. The highest BCUT2D eigenvalue weighted by Crippen LogP contribution is 2.21. The number of nitrogens with zero attached hydrogens (tertiary/aromatic N) is 1. The molecular formula is C15H12IN3O4S. The minimum absolute atomic E-state index is 0.0475. The van der Waals surface area contributed by atoms with Crippen LogP contribution in [0, 0.1) is 13.7 Å². The van der Waals surface area contributed by atoms with Gasteiger partial charge in [0.25, 0.3) is 11.6 Å². The molecule has 0 aliphatic heterocycles. The molecule has 0 aliphatic carbocycles. The van der Waals surface area contributed by atoms with Crippen LogP contribution in [0.4, 0.5) is 11.4 Å². The van der Waals surface area contributed by atoms with Gasteiger partial charge in [0.05, 0.1) is 15.6 Å². The van der Waals surface area contributed by atoms with E-state index < -0.39 is 10.8 Å². The standard InChI is InChI=1S/C15H12IN3O4S/c1-23-13-6-5-9(7-12(13)16)14(20)18-15(24)17-10-3-2-4-11(8-10)19(21)22/h2-8H,1H3,(H2,17,18,20,24). The number of rotatable bonds is 4. The third-order valence-electron chi connectivity index (χ3n) is 2.96. The summed E-state index contributed by atoms with van der Waals surface area (Å²) in [5, 5.41) is 16.1. The van der Waals surface area contributed by atoms with Crippen molar-refractivity contribution in [1.82, 2.24) is 5.32 Å². The number of carbonyl (C=O) groups excluding carboxylic acids is 1. The third-order valence-corrected chi connectivity index (χ3v) is 4.00. The van der Waals surface area contributed by atoms with Crippen molar-refractivity contribution in [3.8, 4) is 5.75 Å². The normalized spacial score (nSPS) is 9.92. The molecule has 0 fully saturated rings. The van der Waals surface area contributed by atoms with Gasteiger partial charge in [-0.1, -0.05) is 6.07 Å². The topological polar surface area (TPSA) is 93.5 Å². The summed E-state index contributed by atoms with van der Waals surface area (Å²) in [4.78, 5) is 22.4. The number of nitro groups is 1. The average Bonchev–Trinajstić information content (AvgIpc) is 2.54. The first-order chi connectivity index (χ1) is 11.4. The molecule has 2 aromatic carbocycles. The molecule has 0 saturated carbocycles. The van der Waals surface area contributed by atoms with Crippen LogP contribution in [0.3, 0.4) is 0 Å². The molecule has 2 aromatic rings. The van der Waals surface area contributed by atoms with E-state index in [9.17, 15) is 14.9 Å². The van der Waals surface area contributed by atoms with Gasteiger partial charge in [0.15, 0.2) is 5.11 Å². The summed E-state index contributed by atoms with van der Waals surface area (Å²) in [5.41, 5.74) is 0.765. The Balaban J connectivity index is 2.04. The molecule has 1 amide bonds. The first-order valence-electron chi connectivity index (χ1n) is 6.61. The molecule has 0 spiro atoms. The van der Waals surface area contributed by atoms with Crippen LogP contribution in [0.5, 0.6) is 5.75 Å². The molecule has 0 saturated heterocycles. The number of thiocarbonyl (C=S) groups is 1. The second kappa shape index (κ2) is 8.02. The molecule has 2 rings (SSSR count). The number of anilines is 1. The maximum Gasteiger partial charge on any atom is 0.271 e. The number of ether oxygens (including phenoxy) is 1. The predicted molar refractivity (Wildman–Crippen MR) is 102 cm³/mol. The first kappa shape index (κ1) is 18.1. The molecule has 0 aromatic heterocycles. The van der Waals surface area contributed by atoms with Gasteiger partial charge in [-0.2, -0.15) is 0 Å². The lowest BCUT2D eigenvalue weighted by Gasteiger charge is -2.10. The highest BCUT2D eigenvalue weighted by molar-refractivity contribution is 14.1. The molecule has 124 valence electrons. The summed E-state index contributed by atoms with van der Waals surface area (Å²) in [5.74, 6) is 0.281. The minimum Gasteiger partial charge on any atom is -0.496 e. The zero-order valence-electron chi connectivity index (χ0n) is 12.4. The van der Waals surface area contributed by atoms with Gasteiger partial charge in [0.2, 0.25) is 0 Å². The molecule has 2 N–H and O–H groups in total. The summed E-state index contributed by atoms with van der Waals surface area (Å²) in [7, 11) is 1.55. The number of benzene rings is 2. The molecular weight excluding hydrogens is 445 g/mol. The minimum atomic E-state index is -0.508. The molecule has 0 aliphatic rings. The van der Waals surface area contributed by atoms with Gasteiger partial charge in [-0.3, -0.25) is 20.2 Å². The Morgan fingerprint density at radius 3 is 2.67 bits per heavy atom. The Hall–Kier alpha value is -2.27. The molecule has 0 unspecified atom stereocenters. The number of hydrogen-bond acceptors (Lipinski definition) is 5. The van der Waals surface area contributed by atoms with E-state index in [0.717, 1.165) is 3.57 Å². The lowest BCUT2D eigenvalue weighted by molar-refractivity contribution is -0.384. The van der Waals surface area contributed by atoms with Crippen molar-refractivity contribution in [2.24, 2.45) is 0 Å². The SMILES string of the molecule is COc1ccc(C(=O)NC(=S)Nc2cccc([N+](=O)[O-])c2)cc1I. The lowest BCUT2D eigenvalue weighted by atomic mass is 10.2. The van der Waals surface area contributed by atoms with Crippen molar-refractivity contribution in [1.29, 1.82) is 0 Å². The molecule has 0 bridgehead atoms. The molecule has 24 heavy (non-hydrogen) atoms. The molecule has 9 heteroatoms. The Morgan fingerprint density at radius 2 is 2.04 bits per heavy atom. The number of halogens is 1. The predicted octanol–water partition coefficient (Wildman–Crippen LogP) is 3.33.